The Kier molecular flexibility index (Phi) is 4.36. The number of aromatic nitrogens is 4. The van der Waals surface area contributed by atoms with Crippen LogP contribution in [-0.4, -0.2) is 26.6 Å². The number of imidazole rings is 1. The lowest BCUT2D eigenvalue weighted by atomic mass is 9.92. The molecule has 1 aromatic carbocycles. The molecule has 1 N–H and O–H groups in total. The zero-order valence-electron chi connectivity index (χ0n) is 15.1. The number of aromatic amines is 1. The van der Waals surface area contributed by atoms with E-state index >= 15 is 0 Å². The van der Waals surface area contributed by atoms with Crippen molar-refractivity contribution in [3.05, 3.63) is 65.1 Å². The molecule has 4 aromatic rings. The Balaban J connectivity index is 1.87. The lowest BCUT2D eigenvalue weighted by molar-refractivity contribution is 0.407. The fourth-order valence-electron chi connectivity index (χ4n) is 3.44. The second-order valence-electron chi connectivity index (χ2n) is 6.45. The van der Waals surface area contributed by atoms with E-state index in [9.17, 15) is 4.39 Å². The van der Waals surface area contributed by atoms with E-state index in [4.69, 9.17) is 16.3 Å². The smallest absolute Gasteiger partial charge is 0.142 e. The van der Waals surface area contributed by atoms with E-state index in [1.807, 2.05) is 24.7 Å². The molecule has 0 aliphatic heterocycles. The van der Waals surface area contributed by atoms with Gasteiger partial charge in [-0.15, -0.1) is 0 Å². The Bertz CT molecular complexity index is 1130. The number of hydrogen-bond acceptors (Lipinski definition) is 3. The van der Waals surface area contributed by atoms with Crippen molar-refractivity contribution in [2.24, 2.45) is 7.05 Å². The van der Waals surface area contributed by atoms with Crippen LogP contribution in [0.1, 0.15) is 24.0 Å². The number of fused-ring (bicyclic) bond motifs is 1. The van der Waals surface area contributed by atoms with Crippen molar-refractivity contribution in [3.8, 4) is 17.0 Å². The van der Waals surface area contributed by atoms with Gasteiger partial charge >= 0.3 is 0 Å². The van der Waals surface area contributed by atoms with Crippen LogP contribution in [0.4, 0.5) is 4.39 Å². The number of ether oxygens (including phenoxy) is 1. The summed E-state index contributed by atoms with van der Waals surface area (Å²) in [4.78, 5) is 11.9. The average Bonchev–Trinajstić information content (AvgIpc) is 3.28. The summed E-state index contributed by atoms with van der Waals surface area (Å²) in [6.45, 7) is 1.97. The van der Waals surface area contributed by atoms with Gasteiger partial charge in [-0.3, -0.25) is 0 Å². The topological polar surface area (TPSA) is 55.7 Å². The van der Waals surface area contributed by atoms with Gasteiger partial charge in [0.05, 0.1) is 30.4 Å². The van der Waals surface area contributed by atoms with Crippen molar-refractivity contribution in [1.82, 2.24) is 19.5 Å². The molecular formula is C20H18ClFN4O. The van der Waals surface area contributed by atoms with Gasteiger partial charge in [0.15, 0.2) is 0 Å². The van der Waals surface area contributed by atoms with Gasteiger partial charge in [0.25, 0.3) is 0 Å². The van der Waals surface area contributed by atoms with Crippen molar-refractivity contribution in [2.45, 2.75) is 12.8 Å². The van der Waals surface area contributed by atoms with Gasteiger partial charge in [0, 0.05) is 41.9 Å². The second kappa shape index (κ2) is 6.70. The molecule has 27 heavy (non-hydrogen) atoms. The minimum atomic E-state index is -0.465. The third-order valence-corrected chi connectivity index (χ3v) is 5.27. The van der Waals surface area contributed by atoms with E-state index in [-0.39, 0.29) is 10.9 Å². The first-order chi connectivity index (χ1) is 13.0. The molecule has 0 radical (unpaired) electrons. The first-order valence-corrected chi connectivity index (χ1v) is 8.84. The number of rotatable bonds is 4. The molecule has 7 heteroatoms. The normalized spacial score (nSPS) is 12.5. The van der Waals surface area contributed by atoms with Gasteiger partial charge in [-0.05, 0) is 23.8 Å². The van der Waals surface area contributed by atoms with E-state index in [1.54, 1.807) is 31.9 Å². The minimum absolute atomic E-state index is 0.0759. The number of pyridine rings is 1. The summed E-state index contributed by atoms with van der Waals surface area (Å²) in [6.07, 6.45) is 7.23. The molecule has 3 heterocycles. The van der Waals surface area contributed by atoms with Crippen molar-refractivity contribution < 1.29 is 9.13 Å². The summed E-state index contributed by atoms with van der Waals surface area (Å²) in [5.41, 5.74) is 4.26. The molecule has 0 spiro atoms. The predicted octanol–water partition coefficient (Wildman–Crippen LogP) is 4.92. The van der Waals surface area contributed by atoms with Crippen LogP contribution in [0.3, 0.4) is 0 Å². The fourth-order valence-corrected chi connectivity index (χ4v) is 3.76. The molecule has 0 bridgehead atoms. The Morgan fingerprint density at radius 3 is 2.81 bits per heavy atom. The molecule has 0 saturated heterocycles. The SMILES string of the molecule is COc1ccc(F)c(Cl)c1C(C)c1c[nH]c2ncc(-c3cncn3C)cc12. The number of aryl methyl sites for hydroxylation is 1. The van der Waals surface area contributed by atoms with Gasteiger partial charge in [-0.1, -0.05) is 18.5 Å². The van der Waals surface area contributed by atoms with Gasteiger partial charge in [0.1, 0.15) is 17.2 Å². The van der Waals surface area contributed by atoms with E-state index in [1.165, 1.54) is 6.07 Å². The van der Waals surface area contributed by atoms with E-state index in [0.29, 0.717) is 11.3 Å². The number of benzene rings is 1. The highest BCUT2D eigenvalue weighted by Crippen LogP contribution is 2.40. The van der Waals surface area contributed by atoms with Crippen LogP contribution in [0.15, 0.2) is 43.1 Å². The molecule has 0 fully saturated rings. The van der Waals surface area contributed by atoms with Gasteiger partial charge in [-0.2, -0.15) is 0 Å². The molecule has 4 rings (SSSR count). The monoisotopic (exact) mass is 384 g/mol. The Labute approximate surface area is 160 Å². The zero-order valence-corrected chi connectivity index (χ0v) is 15.9. The standard InChI is InChI=1S/C20H18ClFN4O/c1-11(18-17(27-3)5-4-15(22)19(18)21)14-8-25-20-13(14)6-12(7-24-20)16-9-23-10-26(16)2/h4-11H,1-3H3,(H,24,25). The Morgan fingerprint density at radius 2 is 2.11 bits per heavy atom. The highest BCUT2D eigenvalue weighted by Gasteiger charge is 2.23. The molecule has 138 valence electrons. The maximum Gasteiger partial charge on any atom is 0.142 e. The molecular weight excluding hydrogens is 367 g/mol. The fraction of sp³-hybridized carbons (Fsp3) is 0.200. The Morgan fingerprint density at radius 1 is 1.30 bits per heavy atom. The van der Waals surface area contributed by atoms with Crippen LogP contribution < -0.4 is 4.74 Å². The zero-order chi connectivity index (χ0) is 19.1. The summed E-state index contributed by atoms with van der Waals surface area (Å²) in [6, 6.07) is 4.97. The second-order valence-corrected chi connectivity index (χ2v) is 6.83. The average molecular weight is 385 g/mol. The third kappa shape index (κ3) is 2.86. The summed E-state index contributed by atoms with van der Waals surface area (Å²) < 4.78 is 21.4. The molecule has 1 unspecified atom stereocenters. The lowest BCUT2D eigenvalue weighted by Crippen LogP contribution is -2.02. The molecule has 5 nitrogen and oxygen atoms in total. The summed E-state index contributed by atoms with van der Waals surface area (Å²) in [7, 11) is 3.49. The van der Waals surface area contributed by atoms with Crippen LogP contribution in [0, 0.1) is 5.82 Å². The molecule has 0 aliphatic carbocycles. The highest BCUT2D eigenvalue weighted by molar-refractivity contribution is 6.31. The van der Waals surface area contributed by atoms with Crippen LogP contribution in [-0.2, 0) is 7.05 Å². The van der Waals surface area contributed by atoms with E-state index in [0.717, 1.165) is 27.9 Å². The molecule has 3 aromatic heterocycles. The molecule has 0 amide bonds. The lowest BCUT2D eigenvalue weighted by Gasteiger charge is -2.17. The number of halogens is 2. The molecule has 1 atom stereocenters. The maximum atomic E-state index is 14.1. The molecule has 0 saturated carbocycles. The van der Waals surface area contributed by atoms with E-state index < -0.39 is 5.82 Å². The number of hydrogen-bond donors (Lipinski definition) is 1. The van der Waals surface area contributed by atoms with Crippen molar-refractivity contribution in [1.29, 1.82) is 0 Å². The summed E-state index contributed by atoms with van der Waals surface area (Å²) in [5.74, 6) is -0.104. The maximum absolute atomic E-state index is 14.1. The summed E-state index contributed by atoms with van der Waals surface area (Å²) >= 11 is 6.28. The van der Waals surface area contributed by atoms with E-state index in [2.05, 4.69) is 21.0 Å². The van der Waals surface area contributed by atoms with Crippen LogP contribution in [0.2, 0.25) is 5.02 Å². The number of nitrogens with one attached hydrogen (secondary N) is 1. The quantitative estimate of drug-likeness (QED) is 0.543. The van der Waals surface area contributed by atoms with Crippen molar-refractivity contribution in [2.75, 3.05) is 7.11 Å². The minimum Gasteiger partial charge on any atom is -0.496 e. The van der Waals surface area contributed by atoms with Gasteiger partial charge < -0.3 is 14.3 Å². The first kappa shape index (κ1) is 17.5. The predicted molar refractivity (Wildman–Crippen MR) is 104 cm³/mol. The third-order valence-electron chi connectivity index (χ3n) is 4.89. The largest absolute Gasteiger partial charge is 0.496 e. The summed E-state index contributed by atoms with van der Waals surface area (Å²) in [5, 5.41) is 1.02. The van der Waals surface area contributed by atoms with Crippen molar-refractivity contribution in [3.63, 3.8) is 0 Å². The van der Waals surface area contributed by atoms with Crippen molar-refractivity contribution >= 4 is 22.6 Å². The van der Waals surface area contributed by atoms with Crippen LogP contribution >= 0.6 is 11.6 Å². The number of nitrogens with zero attached hydrogens (tertiary/aromatic N) is 3. The van der Waals surface area contributed by atoms with Gasteiger partial charge in [-0.25, -0.2) is 14.4 Å². The highest BCUT2D eigenvalue weighted by atomic mass is 35.5. The number of H-pyrrole nitrogens is 1. The Hall–Kier alpha value is -2.86. The molecule has 0 aliphatic rings. The van der Waals surface area contributed by atoms with Crippen LogP contribution in [0.5, 0.6) is 5.75 Å². The first-order valence-electron chi connectivity index (χ1n) is 8.46. The van der Waals surface area contributed by atoms with Crippen LogP contribution in [0.25, 0.3) is 22.3 Å². The van der Waals surface area contributed by atoms with Gasteiger partial charge in [0.2, 0.25) is 0 Å². The number of methoxy groups -OCH3 is 1.